The summed E-state index contributed by atoms with van der Waals surface area (Å²) in [6.45, 7) is 0.544. The largest absolute Gasteiger partial charge is 0.307 e. The zero-order chi connectivity index (χ0) is 14.7. The number of amides is 1. The summed E-state index contributed by atoms with van der Waals surface area (Å²) in [5.74, 6) is 0.969. The van der Waals surface area contributed by atoms with E-state index in [1.54, 1.807) is 23.9 Å². The van der Waals surface area contributed by atoms with Crippen LogP contribution >= 0.6 is 11.8 Å². The van der Waals surface area contributed by atoms with Crippen LogP contribution in [0.2, 0.25) is 0 Å². The summed E-state index contributed by atoms with van der Waals surface area (Å²) < 4.78 is 0. The summed E-state index contributed by atoms with van der Waals surface area (Å²) in [5, 5.41) is 8.84. The SMILES string of the molecule is N#Cc1ccc(CN2C(=O)CCSc3ccccc32)cc1. The highest BCUT2D eigenvalue weighted by atomic mass is 32.2. The van der Waals surface area contributed by atoms with Crippen LogP contribution in [0.15, 0.2) is 53.4 Å². The minimum Gasteiger partial charge on any atom is -0.307 e. The van der Waals surface area contributed by atoms with Crippen LogP contribution in [-0.2, 0) is 11.3 Å². The molecule has 3 rings (SSSR count). The molecule has 0 spiro atoms. The van der Waals surface area contributed by atoms with Gasteiger partial charge in [-0.2, -0.15) is 5.26 Å². The highest BCUT2D eigenvalue weighted by Gasteiger charge is 2.22. The maximum Gasteiger partial charge on any atom is 0.228 e. The van der Waals surface area contributed by atoms with Crippen molar-refractivity contribution in [3.8, 4) is 6.07 Å². The topological polar surface area (TPSA) is 44.1 Å². The van der Waals surface area contributed by atoms with Crippen molar-refractivity contribution in [3.05, 3.63) is 59.7 Å². The Kier molecular flexibility index (Phi) is 3.94. The van der Waals surface area contributed by atoms with Gasteiger partial charge >= 0.3 is 0 Å². The Morgan fingerprint density at radius 3 is 2.67 bits per heavy atom. The first-order valence-electron chi connectivity index (χ1n) is 6.79. The normalized spacial score (nSPS) is 14.2. The third-order valence-corrected chi connectivity index (χ3v) is 4.52. The second kappa shape index (κ2) is 6.02. The van der Waals surface area contributed by atoms with E-state index in [0.717, 1.165) is 21.9 Å². The van der Waals surface area contributed by atoms with Crippen molar-refractivity contribution in [1.82, 2.24) is 0 Å². The van der Waals surface area contributed by atoms with Crippen LogP contribution in [0.1, 0.15) is 17.5 Å². The molecule has 0 aliphatic carbocycles. The lowest BCUT2D eigenvalue weighted by atomic mass is 10.1. The van der Waals surface area contributed by atoms with E-state index >= 15 is 0 Å². The molecule has 21 heavy (non-hydrogen) atoms. The average Bonchev–Trinajstić information content (AvgIpc) is 2.68. The molecule has 1 aliphatic heterocycles. The number of rotatable bonds is 2. The second-order valence-corrected chi connectivity index (χ2v) is 5.99. The van der Waals surface area contributed by atoms with Crippen LogP contribution in [0, 0.1) is 11.3 Å². The zero-order valence-electron chi connectivity index (χ0n) is 11.5. The molecule has 1 amide bonds. The van der Waals surface area contributed by atoms with Gasteiger partial charge in [0.25, 0.3) is 0 Å². The molecule has 2 aromatic rings. The summed E-state index contributed by atoms with van der Waals surface area (Å²) in [6, 6.07) is 17.5. The predicted molar refractivity (Wildman–Crippen MR) is 84.1 cm³/mol. The van der Waals surface area contributed by atoms with Crippen molar-refractivity contribution in [2.45, 2.75) is 17.9 Å². The number of hydrogen-bond donors (Lipinski definition) is 0. The highest BCUT2D eigenvalue weighted by Crippen LogP contribution is 2.34. The molecule has 0 atom stereocenters. The van der Waals surface area contributed by atoms with E-state index in [1.165, 1.54) is 0 Å². The van der Waals surface area contributed by atoms with Crippen LogP contribution in [0.25, 0.3) is 0 Å². The van der Waals surface area contributed by atoms with E-state index in [2.05, 4.69) is 12.1 Å². The fourth-order valence-corrected chi connectivity index (χ4v) is 3.36. The number of nitrogens with zero attached hydrogens (tertiary/aromatic N) is 2. The van der Waals surface area contributed by atoms with Gasteiger partial charge in [0.15, 0.2) is 0 Å². The minimum absolute atomic E-state index is 0.150. The number of nitriles is 1. The first-order chi connectivity index (χ1) is 10.3. The molecular formula is C17H14N2OS. The molecular weight excluding hydrogens is 280 g/mol. The molecule has 0 unspecified atom stereocenters. The number of carbonyl (C=O) groups excluding carboxylic acids is 1. The molecule has 1 heterocycles. The number of fused-ring (bicyclic) bond motifs is 1. The number of benzene rings is 2. The Bertz CT molecular complexity index is 703. The van der Waals surface area contributed by atoms with Gasteiger partial charge in [0, 0.05) is 17.1 Å². The monoisotopic (exact) mass is 294 g/mol. The maximum atomic E-state index is 12.4. The van der Waals surface area contributed by atoms with E-state index in [-0.39, 0.29) is 5.91 Å². The molecule has 3 nitrogen and oxygen atoms in total. The molecule has 1 aliphatic rings. The minimum atomic E-state index is 0.150. The molecule has 0 N–H and O–H groups in total. The first kappa shape index (κ1) is 13.7. The number of para-hydroxylation sites is 1. The Hall–Kier alpha value is -2.25. The summed E-state index contributed by atoms with van der Waals surface area (Å²) in [6.07, 6.45) is 0.551. The fraction of sp³-hybridized carbons (Fsp3) is 0.176. The summed E-state index contributed by atoms with van der Waals surface area (Å²) >= 11 is 1.73. The van der Waals surface area contributed by atoms with E-state index in [9.17, 15) is 4.79 Å². The van der Waals surface area contributed by atoms with Crippen LogP contribution in [0.3, 0.4) is 0 Å². The molecule has 0 fully saturated rings. The van der Waals surface area contributed by atoms with Gasteiger partial charge in [0.05, 0.1) is 23.9 Å². The van der Waals surface area contributed by atoms with E-state index in [0.29, 0.717) is 18.5 Å². The molecule has 0 aromatic heterocycles. The van der Waals surface area contributed by atoms with Crippen molar-refractivity contribution in [2.75, 3.05) is 10.7 Å². The van der Waals surface area contributed by atoms with E-state index < -0.39 is 0 Å². The highest BCUT2D eigenvalue weighted by molar-refractivity contribution is 7.99. The third kappa shape index (κ3) is 2.93. The second-order valence-electron chi connectivity index (χ2n) is 4.85. The summed E-state index contributed by atoms with van der Waals surface area (Å²) in [5.41, 5.74) is 2.65. The number of thioether (sulfide) groups is 1. The average molecular weight is 294 g/mol. The van der Waals surface area contributed by atoms with Gasteiger partial charge in [-0.15, -0.1) is 11.8 Å². The lowest BCUT2D eigenvalue weighted by Crippen LogP contribution is -2.29. The number of anilines is 1. The Morgan fingerprint density at radius 2 is 1.90 bits per heavy atom. The van der Waals surface area contributed by atoms with Crippen LogP contribution in [-0.4, -0.2) is 11.7 Å². The van der Waals surface area contributed by atoms with E-state index in [4.69, 9.17) is 5.26 Å². The Morgan fingerprint density at radius 1 is 1.14 bits per heavy atom. The molecule has 0 bridgehead atoms. The van der Waals surface area contributed by atoms with Gasteiger partial charge in [0.2, 0.25) is 5.91 Å². The maximum absolute atomic E-state index is 12.4. The zero-order valence-corrected chi connectivity index (χ0v) is 12.3. The first-order valence-corrected chi connectivity index (χ1v) is 7.78. The van der Waals surface area contributed by atoms with Gasteiger partial charge < -0.3 is 4.90 Å². The van der Waals surface area contributed by atoms with Crippen LogP contribution in [0.4, 0.5) is 5.69 Å². The quantitative estimate of drug-likeness (QED) is 0.850. The number of carbonyl (C=O) groups is 1. The van der Waals surface area contributed by atoms with Gasteiger partial charge in [-0.25, -0.2) is 0 Å². The van der Waals surface area contributed by atoms with Gasteiger partial charge in [-0.3, -0.25) is 4.79 Å². The number of hydrogen-bond acceptors (Lipinski definition) is 3. The van der Waals surface area contributed by atoms with Crippen molar-refractivity contribution < 1.29 is 4.79 Å². The standard InChI is InChI=1S/C17H14N2OS/c18-11-13-5-7-14(8-6-13)12-19-15-3-1-2-4-16(15)21-10-9-17(19)20/h1-8H,9-10,12H2. The van der Waals surface area contributed by atoms with Crippen molar-refractivity contribution in [2.24, 2.45) is 0 Å². The Balaban J connectivity index is 1.92. The fourth-order valence-electron chi connectivity index (χ4n) is 2.36. The summed E-state index contributed by atoms with van der Waals surface area (Å²) in [4.78, 5) is 15.4. The summed E-state index contributed by atoms with van der Waals surface area (Å²) in [7, 11) is 0. The van der Waals surface area contributed by atoms with Crippen LogP contribution in [0.5, 0.6) is 0 Å². The van der Waals surface area contributed by atoms with Gasteiger partial charge in [-0.05, 0) is 29.8 Å². The Labute approximate surface area is 128 Å². The third-order valence-electron chi connectivity index (χ3n) is 3.45. The van der Waals surface area contributed by atoms with Crippen molar-refractivity contribution in [1.29, 1.82) is 5.26 Å². The predicted octanol–water partition coefficient (Wildman–Crippen LogP) is 3.59. The smallest absolute Gasteiger partial charge is 0.228 e. The lowest BCUT2D eigenvalue weighted by molar-refractivity contribution is -0.118. The molecule has 0 radical (unpaired) electrons. The van der Waals surface area contributed by atoms with Crippen LogP contribution < -0.4 is 4.90 Å². The molecule has 0 saturated carbocycles. The van der Waals surface area contributed by atoms with Gasteiger partial charge in [0.1, 0.15) is 0 Å². The lowest BCUT2D eigenvalue weighted by Gasteiger charge is -2.22. The molecule has 0 saturated heterocycles. The van der Waals surface area contributed by atoms with Crippen molar-refractivity contribution in [3.63, 3.8) is 0 Å². The molecule has 104 valence electrons. The van der Waals surface area contributed by atoms with E-state index in [1.807, 2.05) is 35.2 Å². The van der Waals surface area contributed by atoms with Gasteiger partial charge in [-0.1, -0.05) is 24.3 Å². The molecule has 2 aromatic carbocycles. The molecule has 4 heteroatoms. The van der Waals surface area contributed by atoms with Crippen molar-refractivity contribution >= 4 is 23.4 Å².